The van der Waals surface area contributed by atoms with Gasteiger partial charge in [0.1, 0.15) is 30.3 Å². The monoisotopic (exact) mass is 862 g/mol. The predicted octanol–water partition coefficient (Wildman–Crippen LogP) is 4.73. The summed E-state index contributed by atoms with van der Waals surface area (Å²) in [6.07, 6.45) is 0.730. The molecule has 0 radical (unpaired) electrons. The Morgan fingerprint density at radius 2 is 1.85 bits per heavy atom. The maximum absolute atomic E-state index is 15.0. The summed E-state index contributed by atoms with van der Waals surface area (Å²) in [5.41, 5.74) is -3.63. The molecule has 3 fully saturated rings. The van der Waals surface area contributed by atoms with E-state index < -0.39 is 86.4 Å². The minimum absolute atomic E-state index is 0.0300. The van der Waals surface area contributed by atoms with E-state index in [1.165, 1.54) is 4.90 Å². The van der Waals surface area contributed by atoms with E-state index in [4.69, 9.17) is 14.2 Å². The van der Waals surface area contributed by atoms with Crippen molar-refractivity contribution in [3.63, 3.8) is 0 Å². The third-order valence-electron chi connectivity index (χ3n) is 12.5. The topological polar surface area (TPSA) is 186 Å². The molecule has 0 bridgehead atoms. The van der Waals surface area contributed by atoms with Crippen LogP contribution in [0.3, 0.4) is 0 Å². The van der Waals surface area contributed by atoms with Gasteiger partial charge in [0.05, 0.1) is 24.0 Å². The Morgan fingerprint density at radius 1 is 1.10 bits per heavy atom. The van der Waals surface area contributed by atoms with Crippen molar-refractivity contribution in [3.8, 4) is 11.6 Å². The normalized spacial score (nSPS) is 29.4. The van der Waals surface area contributed by atoms with Crippen molar-refractivity contribution in [3.05, 3.63) is 36.5 Å². The lowest BCUT2D eigenvalue weighted by atomic mass is 9.85. The Kier molecular flexibility index (Phi) is 11.7. The van der Waals surface area contributed by atoms with Crippen molar-refractivity contribution < 1.29 is 55.0 Å². The molecule has 2 aliphatic carbocycles. The lowest BCUT2D eigenvalue weighted by Crippen LogP contribution is -2.59. The number of anilines is 1. The molecule has 2 saturated carbocycles. The van der Waals surface area contributed by atoms with Crippen LogP contribution in [0.25, 0.3) is 10.8 Å². The molecule has 1 aromatic heterocycles. The van der Waals surface area contributed by atoms with Gasteiger partial charge < -0.3 is 34.6 Å². The molecule has 60 heavy (non-hydrogen) atoms. The summed E-state index contributed by atoms with van der Waals surface area (Å²) >= 11 is 0. The fourth-order valence-corrected chi connectivity index (χ4v) is 9.82. The molecule has 328 valence electrons. The number of amides is 4. The van der Waals surface area contributed by atoms with Crippen LogP contribution >= 0.6 is 0 Å². The summed E-state index contributed by atoms with van der Waals surface area (Å²) in [6, 6.07) is 2.79. The van der Waals surface area contributed by atoms with E-state index in [0.717, 1.165) is 11.1 Å². The van der Waals surface area contributed by atoms with Crippen LogP contribution in [0.4, 0.5) is 23.7 Å². The van der Waals surface area contributed by atoms with E-state index in [-0.39, 0.29) is 31.2 Å². The molecule has 2 aromatic rings. The van der Waals surface area contributed by atoms with Crippen molar-refractivity contribution in [1.29, 1.82) is 0 Å². The first-order valence-corrected chi connectivity index (χ1v) is 22.1. The molecule has 1 aromatic carbocycles. The quantitative estimate of drug-likeness (QED) is 0.312. The first kappa shape index (κ1) is 43.3. The van der Waals surface area contributed by atoms with Gasteiger partial charge in [-0.25, -0.2) is 18.2 Å². The van der Waals surface area contributed by atoms with Gasteiger partial charge in [0, 0.05) is 36.4 Å². The second-order valence-electron chi connectivity index (χ2n) is 17.4. The minimum Gasteiger partial charge on any atom is -0.489 e. The SMILES string of the molecule is CC[C@@H]1C[C@H](C)CC/C=C\[C@@H]2C[C@@]2(C(=O)NS(=O)(=O)C2CC2)NC(=O)[C@@H]2C[C@@H](Oc3nccc4c5c(ccc34)N(C)CCO5)CN2C(=O)[C@H]1NC(=O)OC(C)(C)C(F)(F)F. The van der Waals surface area contributed by atoms with Crippen molar-refractivity contribution >= 4 is 50.3 Å². The largest absolute Gasteiger partial charge is 0.489 e. The summed E-state index contributed by atoms with van der Waals surface area (Å²) in [7, 11) is -2.03. The zero-order valence-corrected chi connectivity index (χ0v) is 35.2. The number of nitrogens with one attached hydrogen (secondary N) is 3. The third kappa shape index (κ3) is 8.68. The van der Waals surface area contributed by atoms with Gasteiger partial charge in [0.25, 0.3) is 5.91 Å². The Labute approximate surface area is 347 Å². The van der Waals surface area contributed by atoms with E-state index in [2.05, 4.69) is 25.2 Å². The molecule has 4 amide bonds. The van der Waals surface area contributed by atoms with Gasteiger partial charge in [0.2, 0.25) is 33.3 Å². The number of sulfonamides is 1. The maximum Gasteiger partial charge on any atom is 0.427 e. The van der Waals surface area contributed by atoms with Crippen LogP contribution in [0.1, 0.15) is 79.1 Å². The van der Waals surface area contributed by atoms with Crippen LogP contribution in [0.5, 0.6) is 11.6 Å². The molecule has 1 saturated heterocycles. The predicted molar refractivity (Wildman–Crippen MR) is 214 cm³/mol. The number of nitrogens with zero attached hydrogens (tertiary/aromatic N) is 3. The number of ether oxygens (including phenoxy) is 3. The first-order valence-electron chi connectivity index (χ1n) is 20.6. The number of rotatable bonds is 8. The summed E-state index contributed by atoms with van der Waals surface area (Å²) in [6.45, 7) is 6.13. The molecule has 7 atom stereocenters. The van der Waals surface area contributed by atoms with E-state index in [0.29, 0.717) is 76.7 Å². The number of likely N-dealkylation sites (N-methyl/N-ethyl adjacent to an activating group) is 1. The van der Waals surface area contributed by atoms with Crippen LogP contribution in [-0.2, 0) is 29.1 Å². The van der Waals surface area contributed by atoms with Crippen molar-refractivity contribution in [2.75, 3.05) is 31.6 Å². The maximum atomic E-state index is 15.0. The second-order valence-corrected chi connectivity index (χ2v) is 19.3. The van der Waals surface area contributed by atoms with Gasteiger partial charge in [0.15, 0.2) is 5.75 Å². The molecule has 3 aliphatic heterocycles. The molecule has 3 N–H and O–H groups in total. The fraction of sp³-hybridized carbons (Fsp3) is 0.634. The zero-order valence-electron chi connectivity index (χ0n) is 34.3. The number of allylic oxidation sites excluding steroid dienone is 1. The van der Waals surface area contributed by atoms with Crippen LogP contribution in [0.2, 0.25) is 0 Å². The minimum atomic E-state index is -4.91. The van der Waals surface area contributed by atoms with Crippen LogP contribution in [0, 0.1) is 17.8 Å². The number of alkyl carbamates (subject to hydrolysis) is 1. The van der Waals surface area contributed by atoms with Crippen LogP contribution < -0.4 is 29.7 Å². The molecule has 0 spiro atoms. The lowest BCUT2D eigenvalue weighted by molar-refractivity contribution is -0.244. The number of aromatic nitrogens is 1. The van der Waals surface area contributed by atoms with Gasteiger partial charge >= 0.3 is 12.3 Å². The highest BCUT2D eigenvalue weighted by molar-refractivity contribution is 7.91. The highest BCUT2D eigenvalue weighted by Gasteiger charge is 2.62. The average molecular weight is 863 g/mol. The van der Waals surface area contributed by atoms with Crippen LogP contribution in [-0.4, -0.2) is 110 Å². The fourth-order valence-electron chi connectivity index (χ4n) is 8.46. The smallest absolute Gasteiger partial charge is 0.427 e. The standard InChI is InChI=1S/C41H53F3N6O9S/c1-6-24-19-23(2)9-7-8-10-25-21-40(25,37(53)48-60(55,56)27-11-12-27)47-34(51)31-20-26(22-50(31)36(52)32(24)46-38(54)59-39(3,4)41(42,43)44)58-35-29-13-14-30-33(28(29)15-16-45-35)57-18-17-49(30)5/h8,10,13-16,23-27,31-32H,6-7,9,11-12,17-22H2,1-5H3,(H,46,54)(H,47,51)(H,48,53)/b10-8-/t23-,24-,25-,26-,31+,32+,40-/m1/s1. The van der Waals surface area contributed by atoms with Gasteiger partial charge in [-0.05, 0) is 82.4 Å². The van der Waals surface area contributed by atoms with Gasteiger partial charge in [-0.1, -0.05) is 32.4 Å². The zero-order chi connectivity index (χ0) is 43.4. The van der Waals surface area contributed by atoms with Gasteiger partial charge in [-0.15, -0.1) is 0 Å². The number of pyridine rings is 1. The molecule has 0 unspecified atom stereocenters. The number of hydrogen-bond acceptors (Lipinski definition) is 11. The molecule has 4 heterocycles. The second kappa shape index (κ2) is 16.2. The summed E-state index contributed by atoms with van der Waals surface area (Å²) in [5.74, 6) is -2.70. The number of benzene rings is 1. The van der Waals surface area contributed by atoms with Crippen molar-refractivity contribution in [1.82, 2.24) is 25.2 Å². The molecular formula is C41H53F3N6O9S. The molecule has 19 heteroatoms. The number of fused-ring (bicyclic) bond motifs is 5. The molecular weight excluding hydrogens is 810 g/mol. The first-order chi connectivity index (χ1) is 28.2. The third-order valence-corrected chi connectivity index (χ3v) is 14.3. The summed E-state index contributed by atoms with van der Waals surface area (Å²) in [4.78, 5) is 64.4. The number of carbonyl (C=O) groups excluding carboxylic acids is 4. The Balaban J connectivity index is 1.24. The number of alkyl halides is 3. The summed E-state index contributed by atoms with van der Waals surface area (Å²) in [5, 5.41) is 5.90. The Hall–Kier alpha value is -4.81. The Morgan fingerprint density at radius 3 is 2.55 bits per heavy atom. The summed E-state index contributed by atoms with van der Waals surface area (Å²) < 4.78 is 86.9. The molecule has 5 aliphatic rings. The molecule has 7 rings (SSSR count). The van der Waals surface area contributed by atoms with Gasteiger partial charge in [-0.3, -0.25) is 19.1 Å². The van der Waals surface area contributed by atoms with E-state index in [1.54, 1.807) is 25.3 Å². The number of carbonyl (C=O) groups is 4. The van der Waals surface area contributed by atoms with E-state index in [9.17, 15) is 40.8 Å². The highest BCUT2D eigenvalue weighted by Crippen LogP contribution is 2.47. The van der Waals surface area contributed by atoms with Gasteiger partial charge in [-0.2, -0.15) is 13.2 Å². The number of halogens is 3. The highest BCUT2D eigenvalue weighted by atomic mass is 32.2. The van der Waals surface area contributed by atoms with Crippen molar-refractivity contribution in [2.24, 2.45) is 17.8 Å². The van der Waals surface area contributed by atoms with E-state index >= 15 is 0 Å². The lowest BCUT2D eigenvalue weighted by Gasteiger charge is -2.35. The van der Waals surface area contributed by atoms with Crippen LogP contribution in [0.15, 0.2) is 36.5 Å². The Bertz CT molecular complexity index is 2170. The average Bonchev–Trinajstić information content (AvgIpc) is 4.11. The number of hydrogen-bond donors (Lipinski definition) is 3. The molecule has 15 nitrogen and oxygen atoms in total. The van der Waals surface area contributed by atoms with E-state index in [1.807, 2.05) is 32.2 Å². The van der Waals surface area contributed by atoms with Crippen molar-refractivity contribution in [2.45, 2.75) is 120 Å².